The highest BCUT2D eigenvalue weighted by Gasteiger charge is 2.00. The quantitative estimate of drug-likeness (QED) is 0.374. The molecule has 0 unspecified atom stereocenters. The highest BCUT2D eigenvalue weighted by molar-refractivity contribution is 4.75. The van der Waals surface area contributed by atoms with Crippen molar-refractivity contribution in [1.82, 2.24) is 0 Å². The van der Waals surface area contributed by atoms with Gasteiger partial charge in [-0.1, -0.05) is 6.08 Å². The third kappa shape index (κ3) is 5.70. The van der Waals surface area contributed by atoms with Crippen LogP contribution in [-0.4, -0.2) is 32.2 Å². The highest BCUT2D eigenvalue weighted by Crippen LogP contribution is 1.88. The van der Waals surface area contributed by atoms with Crippen molar-refractivity contribution in [2.75, 3.05) is 27.7 Å². The fourth-order valence-electron chi connectivity index (χ4n) is 0.422. The van der Waals surface area contributed by atoms with Crippen LogP contribution < -0.4 is 0 Å². The Bertz CT molecular complexity index is 76.9. The molecule has 1 heteroatoms. The maximum absolute atomic E-state index is 2.18. The summed E-state index contributed by atoms with van der Waals surface area (Å²) in [4.78, 5) is 0. The van der Waals surface area contributed by atoms with Crippen LogP contribution in [0.2, 0.25) is 0 Å². The van der Waals surface area contributed by atoms with Crippen molar-refractivity contribution >= 4 is 0 Å². The van der Waals surface area contributed by atoms with E-state index in [0.29, 0.717) is 0 Å². The van der Waals surface area contributed by atoms with Gasteiger partial charge in [0.2, 0.25) is 0 Å². The zero-order chi connectivity index (χ0) is 6.62. The number of rotatable bonds is 2. The minimum Gasteiger partial charge on any atom is -0.328 e. The van der Waals surface area contributed by atoms with Gasteiger partial charge in [-0.3, -0.25) is 0 Å². The van der Waals surface area contributed by atoms with Gasteiger partial charge in [0.15, 0.2) is 0 Å². The molecule has 0 spiro atoms. The van der Waals surface area contributed by atoms with Crippen molar-refractivity contribution in [3.8, 4) is 0 Å². The molecular weight excluding hydrogens is 98.1 g/mol. The van der Waals surface area contributed by atoms with Gasteiger partial charge in [-0.15, -0.1) is 0 Å². The van der Waals surface area contributed by atoms with E-state index in [-0.39, 0.29) is 0 Å². The van der Waals surface area contributed by atoms with Gasteiger partial charge < -0.3 is 4.48 Å². The van der Waals surface area contributed by atoms with Crippen molar-refractivity contribution in [2.45, 2.75) is 6.92 Å². The van der Waals surface area contributed by atoms with Crippen LogP contribution in [0.15, 0.2) is 12.2 Å². The maximum atomic E-state index is 2.18. The van der Waals surface area contributed by atoms with Crippen LogP contribution in [0, 0.1) is 0 Å². The Morgan fingerprint density at radius 1 is 1.25 bits per heavy atom. The molecule has 0 N–H and O–H groups in total. The van der Waals surface area contributed by atoms with Crippen LogP contribution in [0.4, 0.5) is 0 Å². The van der Waals surface area contributed by atoms with E-state index in [1.54, 1.807) is 0 Å². The highest BCUT2D eigenvalue weighted by atomic mass is 15.3. The molecule has 0 rings (SSSR count). The van der Waals surface area contributed by atoms with E-state index in [0.717, 1.165) is 11.0 Å². The van der Waals surface area contributed by atoms with Gasteiger partial charge >= 0.3 is 0 Å². The number of allylic oxidation sites excluding steroid dienone is 1. The summed E-state index contributed by atoms with van der Waals surface area (Å²) in [6.45, 7) is 3.17. The topological polar surface area (TPSA) is 0 Å². The number of hydrogen-bond acceptors (Lipinski definition) is 0. The largest absolute Gasteiger partial charge is 0.328 e. The molecule has 0 aliphatic heterocycles. The molecule has 0 bridgehead atoms. The van der Waals surface area contributed by atoms with Crippen LogP contribution >= 0.6 is 0 Å². The molecule has 0 aromatic carbocycles. The van der Waals surface area contributed by atoms with Gasteiger partial charge in [0.25, 0.3) is 0 Å². The van der Waals surface area contributed by atoms with Gasteiger partial charge in [0.1, 0.15) is 0 Å². The van der Waals surface area contributed by atoms with Gasteiger partial charge in [-0.25, -0.2) is 0 Å². The van der Waals surface area contributed by atoms with Crippen molar-refractivity contribution in [1.29, 1.82) is 0 Å². The number of hydrogen-bond donors (Lipinski definition) is 0. The maximum Gasteiger partial charge on any atom is 0.0967 e. The fraction of sp³-hybridized carbons (Fsp3) is 0.714. The lowest BCUT2D eigenvalue weighted by atomic mass is 10.4. The minimum atomic E-state index is 1.02. The predicted octanol–water partition coefficient (Wildman–Crippen LogP) is 1.27. The van der Waals surface area contributed by atoms with Crippen molar-refractivity contribution in [2.24, 2.45) is 0 Å². The second-order valence-electron chi connectivity index (χ2n) is 3.04. The Hall–Kier alpha value is -0.300. The summed E-state index contributed by atoms with van der Waals surface area (Å²) in [5.41, 5.74) is 0. The van der Waals surface area contributed by atoms with E-state index in [1.165, 1.54) is 0 Å². The normalized spacial score (nSPS) is 13.0. The number of quaternary nitrogens is 1. The summed E-state index contributed by atoms with van der Waals surface area (Å²) >= 11 is 0. The summed E-state index contributed by atoms with van der Waals surface area (Å²) in [6.07, 6.45) is 4.27. The van der Waals surface area contributed by atoms with E-state index in [9.17, 15) is 0 Å². The first-order chi connectivity index (χ1) is 3.56. The van der Waals surface area contributed by atoms with Gasteiger partial charge in [0, 0.05) is 0 Å². The fourth-order valence-corrected chi connectivity index (χ4v) is 0.422. The SMILES string of the molecule is CC=CC[N+](C)(C)C. The van der Waals surface area contributed by atoms with Crippen LogP contribution in [0.25, 0.3) is 0 Å². The molecule has 48 valence electrons. The molecule has 0 amide bonds. The lowest BCUT2D eigenvalue weighted by Crippen LogP contribution is -2.34. The van der Waals surface area contributed by atoms with E-state index >= 15 is 0 Å². The molecule has 8 heavy (non-hydrogen) atoms. The monoisotopic (exact) mass is 114 g/mol. The lowest BCUT2D eigenvalue weighted by molar-refractivity contribution is -0.864. The lowest BCUT2D eigenvalue weighted by Gasteiger charge is -2.21. The molecule has 0 radical (unpaired) electrons. The van der Waals surface area contributed by atoms with E-state index < -0.39 is 0 Å². The van der Waals surface area contributed by atoms with E-state index in [4.69, 9.17) is 0 Å². The molecule has 0 atom stereocenters. The van der Waals surface area contributed by atoms with Crippen LogP contribution in [0.3, 0.4) is 0 Å². The molecule has 0 saturated carbocycles. The summed E-state index contributed by atoms with van der Waals surface area (Å²) in [5.74, 6) is 0. The first-order valence-corrected chi connectivity index (χ1v) is 2.98. The third-order valence-electron chi connectivity index (χ3n) is 0.889. The first kappa shape index (κ1) is 7.70. The average molecular weight is 114 g/mol. The van der Waals surface area contributed by atoms with E-state index in [2.05, 4.69) is 40.2 Å². The molecule has 0 aromatic heterocycles. The molecule has 0 fully saturated rings. The Morgan fingerprint density at radius 3 is 1.88 bits per heavy atom. The predicted molar refractivity (Wildman–Crippen MR) is 37.7 cm³/mol. The van der Waals surface area contributed by atoms with Crippen molar-refractivity contribution in [3.05, 3.63) is 12.2 Å². The Kier molecular flexibility index (Phi) is 2.77. The molecule has 0 heterocycles. The number of nitrogens with zero attached hydrogens (tertiary/aromatic N) is 1. The Morgan fingerprint density at radius 2 is 1.75 bits per heavy atom. The standard InChI is InChI=1S/C7H16N/c1-5-6-7-8(2,3)4/h5-6H,7H2,1-4H3/q+1. The average Bonchev–Trinajstić information content (AvgIpc) is 1.59. The molecular formula is C7H16N+. The van der Waals surface area contributed by atoms with Crippen molar-refractivity contribution in [3.63, 3.8) is 0 Å². The zero-order valence-electron chi connectivity index (χ0n) is 6.31. The summed E-state index contributed by atoms with van der Waals surface area (Å²) in [7, 11) is 6.54. The zero-order valence-corrected chi connectivity index (χ0v) is 6.31. The number of likely N-dealkylation sites (N-methyl/N-ethyl adjacent to an activating group) is 1. The van der Waals surface area contributed by atoms with Crippen molar-refractivity contribution < 1.29 is 4.48 Å². The molecule has 0 aliphatic carbocycles. The van der Waals surface area contributed by atoms with E-state index in [1.807, 2.05) is 0 Å². The summed E-state index contributed by atoms with van der Waals surface area (Å²) < 4.78 is 1.02. The van der Waals surface area contributed by atoms with Crippen LogP contribution in [-0.2, 0) is 0 Å². The summed E-state index contributed by atoms with van der Waals surface area (Å²) in [5, 5.41) is 0. The van der Waals surface area contributed by atoms with Gasteiger partial charge in [-0.2, -0.15) is 0 Å². The van der Waals surface area contributed by atoms with Gasteiger partial charge in [0.05, 0.1) is 27.7 Å². The summed E-state index contributed by atoms with van der Waals surface area (Å²) in [6, 6.07) is 0. The molecule has 1 nitrogen and oxygen atoms in total. The molecule has 0 aromatic rings. The first-order valence-electron chi connectivity index (χ1n) is 2.98. The molecule has 0 saturated heterocycles. The Balaban J connectivity index is 3.39. The Labute approximate surface area is 52.2 Å². The minimum absolute atomic E-state index is 1.02. The second kappa shape index (κ2) is 2.88. The third-order valence-corrected chi connectivity index (χ3v) is 0.889. The molecule has 0 aliphatic rings. The second-order valence-corrected chi connectivity index (χ2v) is 3.04. The smallest absolute Gasteiger partial charge is 0.0967 e. The van der Waals surface area contributed by atoms with Crippen LogP contribution in [0.5, 0.6) is 0 Å². The van der Waals surface area contributed by atoms with Gasteiger partial charge in [-0.05, 0) is 13.0 Å². The van der Waals surface area contributed by atoms with Crippen LogP contribution in [0.1, 0.15) is 6.92 Å².